The third-order valence-electron chi connectivity index (χ3n) is 4.96. The first-order valence-corrected chi connectivity index (χ1v) is 8.48. The molecule has 0 heterocycles. The predicted molar refractivity (Wildman–Crippen MR) is 96.2 cm³/mol. The Hall–Kier alpha value is -1.43. The van der Waals surface area contributed by atoms with Gasteiger partial charge in [0.2, 0.25) is 11.1 Å². The Bertz CT molecular complexity index is 596. The lowest BCUT2D eigenvalue weighted by atomic mass is 9.62. The van der Waals surface area contributed by atoms with Crippen molar-refractivity contribution in [2.75, 3.05) is 7.11 Å². The Balaban J connectivity index is 0.000000648. The van der Waals surface area contributed by atoms with E-state index in [9.17, 15) is 9.59 Å². The molecule has 0 unspecified atom stereocenters. The summed E-state index contributed by atoms with van der Waals surface area (Å²) in [6.45, 7) is 5.58. The zero-order valence-electron chi connectivity index (χ0n) is 14.8. The number of carbonyl (C=O) groups excluding carboxylic acids is 2. The lowest BCUT2D eigenvalue weighted by Gasteiger charge is -2.46. The first kappa shape index (κ1) is 20.6. The van der Waals surface area contributed by atoms with E-state index in [4.69, 9.17) is 16.2 Å². The topological polar surface area (TPSA) is 95.4 Å². The van der Waals surface area contributed by atoms with Gasteiger partial charge in [0.1, 0.15) is 0 Å². The van der Waals surface area contributed by atoms with Crippen molar-refractivity contribution in [1.29, 1.82) is 0 Å². The molecule has 5 nitrogen and oxygen atoms in total. The third-order valence-corrected chi connectivity index (χ3v) is 4.96. The number of fused-ring (bicyclic) bond motifs is 1. The molecular formula is C18H27ClN2O3. The number of halogens is 1. The number of methoxy groups -OCH3 is 1. The Morgan fingerprint density at radius 1 is 1.33 bits per heavy atom. The molecule has 2 atom stereocenters. The Morgan fingerprint density at radius 2 is 1.88 bits per heavy atom. The summed E-state index contributed by atoms with van der Waals surface area (Å²) in [7, 11) is 1.71. The van der Waals surface area contributed by atoms with E-state index < -0.39 is 5.91 Å². The normalized spacial score (nSPS) is 21.2. The highest BCUT2D eigenvalue weighted by atomic mass is 35.5. The smallest absolute Gasteiger partial charge is 0.248 e. The first-order valence-electron chi connectivity index (χ1n) is 8.11. The Morgan fingerprint density at radius 3 is 2.29 bits per heavy atom. The van der Waals surface area contributed by atoms with Gasteiger partial charge in [0.15, 0.2) is 0 Å². The Labute approximate surface area is 148 Å². The number of carbonyl (C=O) groups is 2. The number of benzene rings is 1. The summed E-state index contributed by atoms with van der Waals surface area (Å²) in [6, 6.07) is 5.64. The van der Waals surface area contributed by atoms with Crippen molar-refractivity contribution in [3.8, 4) is 0 Å². The van der Waals surface area contributed by atoms with Crippen LogP contribution >= 0.6 is 11.6 Å². The number of primary amides is 1. The summed E-state index contributed by atoms with van der Waals surface area (Å²) < 4.78 is 5.58. The highest BCUT2D eigenvalue weighted by Gasteiger charge is 2.45. The maximum atomic E-state index is 11.4. The van der Waals surface area contributed by atoms with Gasteiger partial charge in [-0.15, -0.1) is 0 Å². The average Bonchev–Trinajstić information content (AvgIpc) is 2.54. The zero-order valence-corrected chi connectivity index (χ0v) is 15.5. The van der Waals surface area contributed by atoms with E-state index in [0.717, 1.165) is 19.3 Å². The molecule has 0 fully saturated rings. The second kappa shape index (κ2) is 8.60. The summed E-state index contributed by atoms with van der Waals surface area (Å²) in [4.78, 5) is 20.7. The number of ether oxygens (including phenoxy) is 1. The number of hydrogen-bond donors (Lipinski definition) is 2. The van der Waals surface area contributed by atoms with Crippen LogP contribution in [0.3, 0.4) is 0 Å². The number of nitrogens with two attached hydrogens (primary N) is 2. The van der Waals surface area contributed by atoms with Crippen molar-refractivity contribution in [1.82, 2.24) is 0 Å². The molecule has 0 aliphatic heterocycles. The van der Waals surface area contributed by atoms with Crippen molar-refractivity contribution in [3.05, 3.63) is 34.9 Å². The average molecular weight is 355 g/mol. The van der Waals surface area contributed by atoms with Gasteiger partial charge in [-0.3, -0.25) is 9.59 Å². The fraction of sp³-hybridized carbons (Fsp3) is 0.556. The van der Waals surface area contributed by atoms with Crippen LogP contribution in [0.15, 0.2) is 18.2 Å². The fourth-order valence-corrected chi connectivity index (χ4v) is 3.58. The minimum atomic E-state index is -0.392. The monoisotopic (exact) mass is 354 g/mol. The van der Waals surface area contributed by atoms with Crippen LogP contribution in [0.4, 0.5) is 0 Å². The summed E-state index contributed by atoms with van der Waals surface area (Å²) in [5.41, 5.74) is 14.7. The molecule has 2 rings (SSSR count). The zero-order chi connectivity index (χ0) is 18.5. The lowest BCUT2D eigenvalue weighted by molar-refractivity contribution is -0.109. The molecular weight excluding hydrogens is 328 g/mol. The van der Waals surface area contributed by atoms with E-state index in [1.54, 1.807) is 13.2 Å². The van der Waals surface area contributed by atoms with Crippen molar-refractivity contribution in [3.63, 3.8) is 0 Å². The van der Waals surface area contributed by atoms with Crippen molar-refractivity contribution in [2.45, 2.75) is 57.6 Å². The minimum Gasteiger partial charge on any atom is -0.379 e. The molecule has 1 aromatic rings. The van der Waals surface area contributed by atoms with Crippen LogP contribution in [0.25, 0.3) is 0 Å². The molecule has 0 aromatic heterocycles. The van der Waals surface area contributed by atoms with Crippen LogP contribution in [-0.4, -0.2) is 30.4 Å². The summed E-state index contributed by atoms with van der Waals surface area (Å²) in [5, 5.41) is -0.361. The van der Waals surface area contributed by atoms with E-state index in [0.29, 0.717) is 5.56 Å². The summed E-state index contributed by atoms with van der Waals surface area (Å²) in [6.07, 6.45) is 2.63. The van der Waals surface area contributed by atoms with Crippen LogP contribution in [0, 0.1) is 0 Å². The van der Waals surface area contributed by atoms with Crippen LogP contribution in [0.2, 0.25) is 0 Å². The van der Waals surface area contributed by atoms with Crippen molar-refractivity contribution < 1.29 is 14.3 Å². The molecule has 1 aliphatic carbocycles. The molecule has 134 valence electrons. The van der Waals surface area contributed by atoms with Gasteiger partial charge >= 0.3 is 0 Å². The van der Waals surface area contributed by atoms with Gasteiger partial charge in [0.25, 0.3) is 0 Å². The van der Waals surface area contributed by atoms with Crippen molar-refractivity contribution >= 4 is 22.8 Å². The molecule has 24 heavy (non-hydrogen) atoms. The van der Waals surface area contributed by atoms with E-state index in [-0.39, 0.29) is 22.8 Å². The molecule has 1 aliphatic rings. The maximum Gasteiger partial charge on any atom is 0.248 e. The number of hydrogen-bond acceptors (Lipinski definition) is 4. The highest BCUT2D eigenvalue weighted by Crippen LogP contribution is 2.43. The minimum absolute atomic E-state index is 0.0156. The van der Waals surface area contributed by atoms with Gasteiger partial charge in [0.05, 0.1) is 6.10 Å². The molecule has 6 heteroatoms. The molecule has 0 saturated carbocycles. The molecule has 0 spiro atoms. The quantitative estimate of drug-likeness (QED) is 0.812. The summed E-state index contributed by atoms with van der Waals surface area (Å²) in [5.74, 6) is -0.392. The van der Waals surface area contributed by atoms with E-state index >= 15 is 0 Å². The maximum absolute atomic E-state index is 11.4. The first-order chi connectivity index (χ1) is 11.2. The largest absolute Gasteiger partial charge is 0.379 e. The molecule has 0 saturated heterocycles. The standard InChI is InChI=1S/C16H24N2O2.C2H3ClO/c1-4-16(5-2)12-8-11(15(18)19)7-6-10(12)9-13(20-3)14(16)17;1-2(3)4/h6-8,13-14H,4-5,9,17H2,1-3H3,(H2,18,19);1H3/t13-,14+;/m1./s1. The molecule has 1 amide bonds. The predicted octanol–water partition coefficient (Wildman–Crippen LogP) is 2.51. The van der Waals surface area contributed by atoms with Gasteiger partial charge in [-0.05, 0) is 47.7 Å². The Kier molecular flexibility index (Phi) is 7.39. The third kappa shape index (κ3) is 4.15. The highest BCUT2D eigenvalue weighted by molar-refractivity contribution is 6.62. The SMILES string of the molecule is CC(=O)Cl.CCC1(CC)c2cc(C(N)=O)ccc2C[C@@H](OC)[C@@H]1N. The fourth-order valence-electron chi connectivity index (χ4n) is 3.58. The van der Waals surface area contributed by atoms with E-state index in [1.807, 2.05) is 12.1 Å². The van der Waals surface area contributed by atoms with Crippen LogP contribution in [-0.2, 0) is 21.4 Å². The number of amides is 1. The van der Waals surface area contributed by atoms with Crippen LogP contribution < -0.4 is 11.5 Å². The van der Waals surface area contributed by atoms with Gasteiger partial charge in [0, 0.05) is 37.5 Å². The second-order valence-electron chi connectivity index (χ2n) is 6.07. The second-order valence-corrected chi connectivity index (χ2v) is 6.61. The van der Waals surface area contributed by atoms with E-state index in [2.05, 4.69) is 25.4 Å². The van der Waals surface area contributed by atoms with Gasteiger partial charge < -0.3 is 16.2 Å². The van der Waals surface area contributed by atoms with Crippen LogP contribution in [0.5, 0.6) is 0 Å². The van der Waals surface area contributed by atoms with Gasteiger partial charge in [-0.25, -0.2) is 0 Å². The lowest BCUT2D eigenvalue weighted by Crippen LogP contribution is -2.56. The van der Waals surface area contributed by atoms with Crippen molar-refractivity contribution in [2.24, 2.45) is 11.5 Å². The van der Waals surface area contributed by atoms with E-state index in [1.165, 1.54) is 18.1 Å². The van der Waals surface area contributed by atoms with Gasteiger partial charge in [-0.1, -0.05) is 19.9 Å². The molecule has 4 N–H and O–H groups in total. The number of rotatable bonds is 4. The van der Waals surface area contributed by atoms with Crippen LogP contribution in [0.1, 0.15) is 55.1 Å². The van der Waals surface area contributed by atoms with Gasteiger partial charge in [-0.2, -0.15) is 0 Å². The molecule has 0 radical (unpaired) electrons. The molecule has 1 aromatic carbocycles. The summed E-state index contributed by atoms with van der Waals surface area (Å²) >= 11 is 4.64. The molecule has 0 bridgehead atoms.